The zero-order chi connectivity index (χ0) is 19.6. The summed E-state index contributed by atoms with van der Waals surface area (Å²) in [5, 5.41) is 5.19. The van der Waals surface area contributed by atoms with Gasteiger partial charge in [-0.15, -0.1) is 0 Å². The molecule has 2 aromatic rings. The number of nitrogens with zero attached hydrogens (tertiary/aromatic N) is 1. The summed E-state index contributed by atoms with van der Waals surface area (Å²) in [6.07, 6.45) is 1.41. The average Bonchev–Trinajstić information content (AvgIpc) is 3.26. The molecule has 9 nitrogen and oxygen atoms in total. The van der Waals surface area contributed by atoms with Crippen molar-refractivity contribution in [3.8, 4) is 11.5 Å². The molecule has 1 saturated heterocycles. The van der Waals surface area contributed by atoms with Crippen molar-refractivity contribution in [1.82, 2.24) is 10.2 Å². The number of benzene rings is 1. The lowest BCUT2D eigenvalue weighted by atomic mass is 9.99. The molecule has 1 aromatic heterocycles. The van der Waals surface area contributed by atoms with Gasteiger partial charge in [0, 0.05) is 11.8 Å². The summed E-state index contributed by atoms with van der Waals surface area (Å²) >= 11 is 0. The highest BCUT2D eigenvalue weighted by Gasteiger charge is 2.51. The summed E-state index contributed by atoms with van der Waals surface area (Å²) in [5.41, 5.74) is -0.900. The molecule has 1 fully saturated rings. The van der Waals surface area contributed by atoms with E-state index in [4.69, 9.17) is 13.9 Å². The van der Waals surface area contributed by atoms with E-state index >= 15 is 0 Å². The number of hydrogen-bond donors (Lipinski definition) is 2. The third-order valence-electron chi connectivity index (χ3n) is 4.26. The van der Waals surface area contributed by atoms with E-state index in [1.54, 1.807) is 30.3 Å². The number of carbonyl (C=O) groups excluding carboxylic acids is 3. The zero-order valence-electron chi connectivity index (χ0n) is 15.1. The molecule has 142 valence electrons. The molecule has 0 radical (unpaired) electrons. The first-order chi connectivity index (χ1) is 12.9. The SMILES string of the molecule is COc1ccc(NC(=O)CN2C(=O)N[C@@](C)(c3ccco3)C2=O)cc1OC. The quantitative estimate of drug-likeness (QED) is 0.746. The normalized spacial score (nSPS) is 19.0. The zero-order valence-corrected chi connectivity index (χ0v) is 15.1. The number of ether oxygens (including phenoxy) is 2. The molecule has 1 aromatic carbocycles. The summed E-state index contributed by atoms with van der Waals surface area (Å²) in [7, 11) is 2.98. The maximum absolute atomic E-state index is 12.7. The Labute approximate surface area is 155 Å². The van der Waals surface area contributed by atoms with Gasteiger partial charge in [-0.1, -0.05) is 0 Å². The Bertz CT molecular complexity index is 879. The number of urea groups is 1. The number of hydrogen-bond acceptors (Lipinski definition) is 6. The first-order valence-corrected chi connectivity index (χ1v) is 8.09. The summed E-state index contributed by atoms with van der Waals surface area (Å²) in [5.74, 6) is 0.150. The van der Waals surface area contributed by atoms with Gasteiger partial charge in [-0.05, 0) is 31.2 Å². The Kier molecular flexibility index (Phi) is 4.76. The molecule has 0 unspecified atom stereocenters. The molecule has 27 heavy (non-hydrogen) atoms. The van der Waals surface area contributed by atoms with Crippen LogP contribution in [-0.4, -0.2) is 43.5 Å². The number of nitrogens with one attached hydrogen (secondary N) is 2. The molecule has 0 saturated carbocycles. The van der Waals surface area contributed by atoms with Gasteiger partial charge in [-0.2, -0.15) is 0 Å². The molecule has 3 rings (SSSR count). The monoisotopic (exact) mass is 373 g/mol. The largest absolute Gasteiger partial charge is 0.493 e. The summed E-state index contributed by atoms with van der Waals surface area (Å²) in [6, 6.07) is 7.38. The molecular weight excluding hydrogens is 354 g/mol. The van der Waals surface area contributed by atoms with Gasteiger partial charge in [0.1, 0.15) is 12.3 Å². The van der Waals surface area contributed by atoms with Crippen LogP contribution in [0.4, 0.5) is 10.5 Å². The maximum atomic E-state index is 12.7. The van der Waals surface area contributed by atoms with Crippen molar-refractivity contribution in [3.63, 3.8) is 0 Å². The molecule has 1 aliphatic rings. The Balaban J connectivity index is 1.71. The van der Waals surface area contributed by atoms with E-state index in [9.17, 15) is 14.4 Å². The van der Waals surface area contributed by atoms with Crippen LogP contribution < -0.4 is 20.1 Å². The first-order valence-electron chi connectivity index (χ1n) is 8.09. The fraction of sp³-hybridized carbons (Fsp3) is 0.278. The van der Waals surface area contributed by atoms with Gasteiger partial charge in [-0.25, -0.2) is 4.79 Å². The first kappa shape index (κ1) is 18.3. The molecule has 1 aliphatic heterocycles. The summed E-state index contributed by atoms with van der Waals surface area (Å²) in [6.45, 7) is 1.09. The lowest BCUT2D eigenvalue weighted by molar-refractivity contribution is -0.134. The minimum absolute atomic E-state index is 0.295. The van der Waals surface area contributed by atoms with Crippen LogP contribution in [0.2, 0.25) is 0 Å². The Morgan fingerprint density at radius 2 is 1.96 bits per heavy atom. The highest BCUT2D eigenvalue weighted by molar-refractivity contribution is 6.10. The van der Waals surface area contributed by atoms with Crippen molar-refractivity contribution in [2.75, 3.05) is 26.1 Å². The number of amides is 4. The minimum Gasteiger partial charge on any atom is -0.493 e. The van der Waals surface area contributed by atoms with E-state index in [1.165, 1.54) is 27.4 Å². The maximum Gasteiger partial charge on any atom is 0.325 e. The molecular formula is C18H19N3O6. The topological polar surface area (TPSA) is 110 Å². The van der Waals surface area contributed by atoms with Crippen LogP contribution in [0.1, 0.15) is 12.7 Å². The minimum atomic E-state index is -1.34. The highest BCUT2D eigenvalue weighted by Crippen LogP contribution is 2.31. The van der Waals surface area contributed by atoms with Crippen LogP contribution in [0, 0.1) is 0 Å². The van der Waals surface area contributed by atoms with Crippen LogP contribution in [0.3, 0.4) is 0 Å². The van der Waals surface area contributed by atoms with E-state index in [1.807, 2.05) is 0 Å². The molecule has 2 N–H and O–H groups in total. The van der Waals surface area contributed by atoms with Crippen molar-refractivity contribution in [2.45, 2.75) is 12.5 Å². The summed E-state index contributed by atoms with van der Waals surface area (Å²) in [4.78, 5) is 38.1. The number of carbonyl (C=O) groups is 3. The van der Waals surface area contributed by atoms with E-state index in [0.29, 0.717) is 22.9 Å². The van der Waals surface area contributed by atoms with Crippen LogP contribution in [0.15, 0.2) is 41.0 Å². The second-order valence-corrected chi connectivity index (χ2v) is 6.04. The molecule has 4 amide bonds. The molecule has 0 aliphatic carbocycles. The molecule has 9 heteroatoms. The molecule has 1 atom stereocenters. The molecule has 2 heterocycles. The molecule has 0 bridgehead atoms. The van der Waals surface area contributed by atoms with E-state index in [2.05, 4.69) is 10.6 Å². The van der Waals surface area contributed by atoms with Crippen molar-refractivity contribution >= 4 is 23.5 Å². The lowest BCUT2D eigenvalue weighted by Crippen LogP contribution is -2.41. The Hall–Kier alpha value is -3.49. The molecule has 0 spiro atoms. The van der Waals surface area contributed by atoms with Gasteiger partial charge in [0.2, 0.25) is 5.91 Å². The van der Waals surface area contributed by atoms with Crippen LogP contribution in [-0.2, 0) is 15.1 Å². The Morgan fingerprint density at radius 1 is 1.22 bits per heavy atom. The van der Waals surface area contributed by atoms with Gasteiger partial charge < -0.3 is 24.5 Å². The third kappa shape index (κ3) is 3.31. The fourth-order valence-electron chi connectivity index (χ4n) is 2.83. The number of furan rings is 1. The van der Waals surface area contributed by atoms with Gasteiger partial charge >= 0.3 is 6.03 Å². The average molecular weight is 373 g/mol. The second-order valence-electron chi connectivity index (χ2n) is 6.04. The van der Waals surface area contributed by atoms with Crippen LogP contribution >= 0.6 is 0 Å². The summed E-state index contributed by atoms with van der Waals surface area (Å²) < 4.78 is 15.6. The smallest absolute Gasteiger partial charge is 0.325 e. The van der Waals surface area contributed by atoms with Gasteiger partial charge in [-0.3, -0.25) is 14.5 Å². The second kappa shape index (κ2) is 7.02. The third-order valence-corrected chi connectivity index (χ3v) is 4.26. The Morgan fingerprint density at radius 3 is 2.59 bits per heavy atom. The number of imide groups is 1. The fourth-order valence-corrected chi connectivity index (χ4v) is 2.83. The number of methoxy groups -OCH3 is 2. The van der Waals surface area contributed by atoms with E-state index in [-0.39, 0.29) is 0 Å². The predicted molar refractivity (Wildman–Crippen MR) is 94.5 cm³/mol. The van der Waals surface area contributed by atoms with Crippen molar-refractivity contribution in [3.05, 3.63) is 42.4 Å². The van der Waals surface area contributed by atoms with Crippen LogP contribution in [0.5, 0.6) is 11.5 Å². The van der Waals surface area contributed by atoms with Crippen molar-refractivity contribution < 1.29 is 28.3 Å². The van der Waals surface area contributed by atoms with Gasteiger partial charge in [0.05, 0.1) is 20.5 Å². The van der Waals surface area contributed by atoms with Gasteiger partial charge in [0.25, 0.3) is 5.91 Å². The van der Waals surface area contributed by atoms with E-state index < -0.39 is 29.9 Å². The van der Waals surface area contributed by atoms with Gasteiger partial charge in [0.15, 0.2) is 17.0 Å². The number of rotatable bonds is 6. The van der Waals surface area contributed by atoms with Crippen LogP contribution in [0.25, 0.3) is 0 Å². The number of anilines is 1. The van der Waals surface area contributed by atoms with Crippen molar-refractivity contribution in [2.24, 2.45) is 0 Å². The van der Waals surface area contributed by atoms with E-state index in [0.717, 1.165) is 4.90 Å². The van der Waals surface area contributed by atoms with Crippen molar-refractivity contribution in [1.29, 1.82) is 0 Å². The lowest BCUT2D eigenvalue weighted by Gasteiger charge is -2.19. The predicted octanol–water partition coefficient (Wildman–Crippen LogP) is 1.70. The standard InChI is InChI=1S/C18H19N3O6/c1-18(14-5-4-8-27-14)16(23)21(17(24)20-18)10-15(22)19-11-6-7-12(25-2)13(9-11)26-3/h4-9H,10H2,1-3H3,(H,19,22)(H,20,24)/t18-/m0/s1. The highest BCUT2D eigenvalue weighted by atomic mass is 16.5.